The van der Waals surface area contributed by atoms with E-state index in [4.69, 9.17) is 9.47 Å². The van der Waals surface area contributed by atoms with Crippen molar-refractivity contribution in [1.82, 2.24) is 4.57 Å². The number of halogens is 2. The molecule has 34 heavy (non-hydrogen) atoms. The van der Waals surface area contributed by atoms with Crippen LogP contribution in [-0.2, 0) is 26.6 Å². The van der Waals surface area contributed by atoms with E-state index in [1.807, 2.05) is 22.6 Å². The predicted octanol–water partition coefficient (Wildman–Crippen LogP) is 3.60. The maximum absolute atomic E-state index is 14.5. The first kappa shape index (κ1) is 26.3. The Hall–Kier alpha value is -2.35. The molecule has 1 saturated carbocycles. The number of hydrogen-bond acceptors (Lipinski definition) is 7. The number of benzene rings is 1. The summed E-state index contributed by atoms with van der Waals surface area (Å²) in [5.74, 6) is -1.33. The Bertz CT molecular complexity index is 1270. The monoisotopic (exact) mass is 607 g/mol. The number of carbonyl (C=O) groups excluding carboxylic acids is 1. The SMILES string of the molecule is COc1cc(=O)n(C)c(Nc2ccc(I)cc2F)c1NS(=O)(=O)C1CC1COC(=O)C(C)(C)C. The molecule has 2 aromatic rings. The van der Waals surface area contributed by atoms with E-state index in [2.05, 4.69) is 10.0 Å². The Morgan fingerprint density at radius 3 is 2.56 bits per heavy atom. The smallest absolute Gasteiger partial charge is 0.311 e. The fourth-order valence-corrected chi connectivity index (χ4v) is 5.36. The van der Waals surface area contributed by atoms with Crippen molar-refractivity contribution in [3.63, 3.8) is 0 Å². The normalized spacial score (nSPS) is 17.7. The molecule has 0 amide bonds. The Morgan fingerprint density at radius 2 is 1.97 bits per heavy atom. The van der Waals surface area contributed by atoms with Gasteiger partial charge in [0, 0.05) is 22.6 Å². The van der Waals surface area contributed by atoms with Crippen molar-refractivity contribution >= 4 is 55.8 Å². The highest BCUT2D eigenvalue weighted by Gasteiger charge is 2.49. The molecular weight excluding hydrogens is 580 g/mol. The van der Waals surface area contributed by atoms with Gasteiger partial charge in [0.25, 0.3) is 5.56 Å². The number of ether oxygens (including phenoxy) is 2. The number of aromatic nitrogens is 1. The largest absolute Gasteiger partial charge is 0.494 e. The lowest BCUT2D eigenvalue weighted by molar-refractivity contribution is -0.153. The minimum absolute atomic E-state index is 0.00887. The van der Waals surface area contributed by atoms with Crippen molar-refractivity contribution in [3.05, 3.63) is 44.0 Å². The van der Waals surface area contributed by atoms with Gasteiger partial charge in [-0.15, -0.1) is 0 Å². The predicted molar refractivity (Wildman–Crippen MR) is 135 cm³/mol. The Balaban J connectivity index is 1.88. The van der Waals surface area contributed by atoms with Gasteiger partial charge in [-0.3, -0.25) is 18.9 Å². The van der Waals surface area contributed by atoms with Gasteiger partial charge >= 0.3 is 5.97 Å². The van der Waals surface area contributed by atoms with E-state index in [0.29, 0.717) is 9.99 Å². The molecule has 3 rings (SSSR count). The zero-order chi connectivity index (χ0) is 25.4. The molecule has 0 spiro atoms. The molecule has 2 unspecified atom stereocenters. The molecule has 1 aliphatic carbocycles. The topological polar surface area (TPSA) is 116 Å². The van der Waals surface area contributed by atoms with Crippen LogP contribution < -0.4 is 20.3 Å². The number of hydrogen-bond donors (Lipinski definition) is 2. The van der Waals surface area contributed by atoms with E-state index < -0.39 is 38.0 Å². The third-order valence-electron chi connectivity index (χ3n) is 5.35. The summed E-state index contributed by atoms with van der Waals surface area (Å²) < 4.78 is 55.5. The fourth-order valence-electron chi connectivity index (χ4n) is 3.19. The third kappa shape index (κ3) is 5.82. The number of sulfonamides is 1. The zero-order valence-electron chi connectivity index (χ0n) is 19.4. The molecule has 1 aliphatic rings. The minimum atomic E-state index is -3.94. The molecule has 12 heteroatoms. The van der Waals surface area contributed by atoms with Crippen molar-refractivity contribution in [1.29, 1.82) is 0 Å². The van der Waals surface area contributed by atoms with Crippen LogP contribution in [0.5, 0.6) is 5.75 Å². The summed E-state index contributed by atoms with van der Waals surface area (Å²) in [4.78, 5) is 24.4. The summed E-state index contributed by atoms with van der Waals surface area (Å²) in [6.45, 7) is 5.14. The van der Waals surface area contributed by atoms with Gasteiger partial charge in [0.05, 0.1) is 30.1 Å². The first-order valence-corrected chi connectivity index (χ1v) is 13.1. The lowest BCUT2D eigenvalue weighted by Gasteiger charge is -2.20. The lowest BCUT2D eigenvalue weighted by Crippen LogP contribution is -2.27. The molecule has 0 saturated heterocycles. The Kier molecular flexibility index (Phi) is 7.51. The number of methoxy groups -OCH3 is 1. The van der Waals surface area contributed by atoms with Crippen LogP contribution in [0.4, 0.5) is 21.6 Å². The molecule has 0 radical (unpaired) electrons. The van der Waals surface area contributed by atoms with Crippen LogP contribution in [0.25, 0.3) is 0 Å². The molecule has 1 aromatic heterocycles. The maximum Gasteiger partial charge on any atom is 0.311 e. The van der Waals surface area contributed by atoms with Crippen LogP contribution in [0.1, 0.15) is 27.2 Å². The van der Waals surface area contributed by atoms with Crippen LogP contribution >= 0.6 is 22.6 Å². The highest BCUT2D eigenvalue weighted by Crippen LogP contribution is 2.41. The molecule has 2 atom stereocenters. The molecule has 1 aromatic carbocycles. The summed E-state index contributed by atoms with van der Waals surface area (Å²) in [5, 5.41) is 2.02. The number of nitrogens with zero attached hydrogens (tertiary/aromatic N) is 1. The number of nitrogens with one attached hydrogen (secondary N) is 2. The molecule has 186 valence electrons. The second-order valence-electron chi connectivity index (χ2n) is 9.11. The van der Waals surface area contributed by atoms with E-state index in [0.717, 1.165) is 10.6 Å². The maximum atomic E-state index is 14.5. The van der Waals surface area contributed by atoms with Crippen molar-refractivity contribution in [2.24, 2.45) is 18.4 Å². The molecule has 0 bridgehead atoms. The summed E-state index contributed by atoms with van der Waals surface area (Å²) >= 11 is 1.97. The summed E-state index contributed by atoms with van der Waals surface area (Å²) in [7, 11) is -1.21. The van der Waals surface area contributed by atoms with Crippen molar-refractivity contribution < 1.29 is 27.1 Å². The van der Waals surface area contributed by atoms with Gasteiger partial charge in [-0.2, -0.15) is 0 Å². The van der Waals surface area contributed by atoms with Crippen LogP contribution in [0.15, 0.2) is 29.1 Å². The second-order valence-corrected chi connectivity index (χ2v) is 12.3. The third-order valence-corrected chi connectivity index (χ3v) is 7.88. The van der Waals surface area contributed by atoms with Gasteiger partial charge in [0.15, 0.2) is 5.75 Å². The second kappa shape index (κ2) is 9.72. The summed E-state index contributed by atoms with van der Waals surface area (Å²) in [6.07, 6.45) is 0.315. The highest BCUT2D eigenvalue weighted by molar-refractivity contribution is 14.1. The molecule has 2 N–H and O–H groups in total. The van der Waals surface area contributed by atoms with Crippen LogP contribution in [-0.4, -0.2) is 37.9 Å². The van der Waals surface area contributed by atoms with Gasteiger partial charge in [-0.25, -0.2) is 12.8 Å². The first-order valence-electron chi connectivity index (χ1n) is 10.4. The van der Waals surface area contributed by atoms with Crippen LogP contribution in [0.2, 0.25) is 0 Å². The van der Waals surface area contributed by atoms with E-state index in [9.17, 15) is 22.4 Å². The number of esters is 1. The van der Waals surface area contributed by atoms with E-state index in [1.54, 1.807) is 26.8 Å². The molecule has 1 heterocycles. The van der Waals surface area contributed by atoms with Gasteiger partial charge in [-0.05, 0) is 68.0 Å². The van der Waals surface area contributed by atoms with Crippen molar-refractivity contribution in [2.45, 2.75) is 32.4 Å². The van der Waals surface area contributed by atoms with Crippen LogP contribution in [0.3, 0.4) is 0 Å². The van der Waals surface area contributed by atoms with Gasteiger partial charge in [-0.1, -0.05) is 0 Å². The zero-order valence-corrected chi connectivity index (χ0v) is 22.4. The molecular formula is C22H27FIN3O6S. The van der Waals surface area contributed by atoms with E-state index in [1.165, 1.54) is 26.3 Å². The van der Waals surface area contributed by atoms with Gasteiger partial charge in [0.2, 0.25) is 10.0 Å². The quantitative estimate of drug-likeness (QED) is 0.348. The molecule has 9 nitrogen and oxygen atoms in total. The summed E-state index contributed by atoms with van der Waals surface area (Å²) in [5.41, 5.74) is -1.14. The Labute approximate surface area is 211 Å². The number of rotatable bonds is 8. The van der Waals surface area contributed by atoms with E-state index in [-0.39, 0.29) is 35.5 Å². The fraction of sp³-hybridized carbons (Fsp3) is 0.455. The van der Waals surface area contributed by atoms with Gasteiger partial charge < -0.3 is 14.8 Å². The number of pyridine rings is 1. The number of carbonyl (C=O) groups is 1. The van der Waals surface area contributed by atoms with Crippen molar-refractivity contribution in [3.8, 4) is 5.75 Å². The first-order chi connectivity index (χ1) is 15.7. The summed E-state index contributed by atoms with van der Waals surface area (Å²) in [6, 6.07) is 5.60. The average Bonchev–Trinajstić information content (AvgIpc) is 3.53. The van der Waals surface area contributed by atoms with Gasteiger partial charge in [0.1, 0.15) is 17.3 Å². The van der Waals surface area contributed by atoms with Crippen molar-refractivity contribution in [2.75, 3.05) is 23.8 Å². The molecule has 0 aliphatic heterocycles. The average molecular weight is 607 g/mol. The highest BCUT2D eigenvalue weighted by atomic mass is 127. The van der Waals surface area contributed by atoms with Crippen LogP contribution in [0, 0.1) is 20.7 Å². The van der Waals surface area contributed by atoms with E-state index >= 15 is 0 Å². The Morgan fingerprint density at radius 1 is 1.29 bits per heavy atom. The number of anilines is 3. The minimum Gasteiger partial charge on any atom is -0.494 e. The standard InChI is InChI=1S/C22H27FIN3O6S/c1-22(2,3)21(29)33-11-12-8-17(12)34(30,31)26-19-16(32-5)10-18(28)27(4)20(19)25-15-7-6-13(24)9-14(15)23/h6-7,9-10,12,17,25-26H,8,11H2,1-5H3. The molecule has 1 fully saturated rings. The lowest BCUT2D eigenvalue weighted by atomic mass is 9.97.